The molecule has 2 fully saturated rings. The van der Waals surface area contributed by atoms with Gasteiger partial charge in [0.1, 0.15) is 12.4 Å². The van der Waals surface area contributed by atoms with Crippen molar-refractivity contribution >= 4 is 11.9 Å². The van der Waals surface area contributed by atoms with Gasteiger partial charge in [0, 0.05) is 26.2 Å². The summed E-state index contributed by atoms with van der Waals surface area (Å²) < 4.78 is 11.3. The highest BCUT2D eigenvalue weighted by molar-refractivity contribution is 5.80. The third-order valence-electron chi connectivity index (χ3n) is 4.68. The van der Waals surface area contributed by atoms with Crippen LogP contribution < -0.4 is 15.8 Å². The van der Waals surface area contributed by atoms with Crippen LogP contribution in [0.25, 0.3) is 0 Å². The highest BCUT2D eigenvalue weighted by atomic mass is 16.5. The van der Waals surface area contributed by atoms with E-state index in [-0.39, 0.29) is 24.0 Å². The van der Waals surface area contributed by atoms with Gasteiger partial charge in [-0.1, -0.05) is 12.1 Å². The fraction of sp³-hybridized carbons (Fsp3) is 0.556. The van der Waals surface area contributed by atoms with Crippen molar-refractivity contribution in [2.24, 2.45) is 11.7 Å². The maximum absolute atomic E-state index is 12.2. The molecule has 3 rings (SSSR count). The molecule has 0 saturated carbocycles. The van der Waals surface area contributed by atoms with Crippen molar-refractivity contribution in [2.45, 2.75) is 31.9 Å². The van der Waals surface area contributed by atoms with Crippen LogP contribution in [0.1, 0.15) is 24.8 Å². The first-order valence-corrected chi connectivity index (χ1v) is 8.77. The molecule has 0 radical (unpaired) electrons. The molecule has 0 aliphatic carbocycles. The summed E-state index contributed by atoms with van der Waals surface area (Å²) in [6.07, 6.45) is 2.94. The van der Waals surface area contributed by atoms with Crippen LogP contribution in [0.15, 0.2) is 24.3 Å². The zero-order chi connectivity index (χ0) is 17.6. The van der Waals surface area contributed by atoms with Gasteiger partial charge in [0.15, 0.2) is 0 Å². The van der Waals surface area contributed by atoms with Crippen LogP contribution in [0.3, 0.4) is 0 Å². The van der Waals surface area contributed by atoms with Gasteiger partial charge in [0.25, 0.3) is 0 Å². The lowest BCUT2D eigenvalue weighted by Crippen LogP contribution is -2.39. The van der Waals surface area contributed by atoms with Crippen molar-refractivity contribution in [1.29, 1.82) is 0 Å². The van der Waals surface area contributed by atoms with E-state index in [4.69, 9.17) is 15.2 Å². The number of likely N-dealkylation sites (tertiary alicyclic amines) is 1. The Morgan fingerprint density at radius 3 is 2.96 bits per heavy atom. The second-order valence-electron chi connectivity index (χ2n) is 6.59. The van der Waals surface area contributed by atoms with Crippen molar-refractivity contribution in [1.82, 2.24) is 10.2 Å². The molecule has 0 aromatic heterocycles. The maximum Gasteiger partial charge on any atom is 0.317 e. The number of nitrogens with one attached hydrogen (secondary N) is 1. The van der Waals surface area contributed by atoms with E-state index < -0.39 is 0 Å². The first-order valence-electron chi connectivity index (χ1n) is 8.77. The van der Waals surface area contributed by atoms with E-state index in [1.54, 1.807) is 4.90 Å². The highest BCUT2D eigenvalue weighted by Gasteiger charge is 2.29. The van der Waals surface area contributed by atoms with Crippen molar-refractivity contribution in [3.05, 3.63) is 29.8 Å². The summed E-state index contributed by atoms with van der Waals surface area (Å²) in [5, 5.41) is 2.88. The lowest BCUT2D eigenvalue weighted by Gasteiger charge is -2.17. The second-order valence-corrected chi connectivity index (χ2v) is 6.59. The van der Waals surface area contributed by atoms with Gasteiger partial charge in [-0.3, -0.25) is 4.79 Å². The predicted molar refractivity (Wildman–Crippen MR) is 92.0 cm³/mol. The summed E-state index contributed by atoms with van der Waals surface area (Å²) in [5.41, 5.74) is 6.26. The molecule has 0 unspecified atom stereocenters. The Morgan fingerprint density at radius 2 is 2.24 bits per heavy atom. The Bertz CT molecular complexity index is 616. The summed E-state index contributed by atoms with van der Waals surface area (Å²) in [5.74, 6) is 0.198. The van der Waals surface area contributed by atoms with E-state index in [0.29, 0.717) is 32.7 Å². The topological polar surface area (TPSA) is 93.9 Å². The first kappa shape index (κ1) is 17.5. The number of rotatable bonds is 6. The molecule has 1 aromatic rings. The van der Waals surface area contributed by atoms with Crippen LogP contribution in [0.4, 0.5) is 4.79 Å². The monoisotopic (exact) mass is 347 g/mol. The van der Waals surface area contributed by atoms with Crippen molar-refractivity contribution in [2.75, 3.05) is 26.3 Å². The maximum atomic E-state index is 12.2. The smallest absolute Gasteiger partial charge is 0.317 e. The van der Waals surface area contributed by atoms with Gasteiger partial charge in [-0.15, -0.1) is 0 Å². The fourth-order valence-corrected chi connectivity index (χ4v) is 3.18. The van der Waals surface area contributed by atoms with Gasteiger partial charge in [-0.2, -0.15) is 0 Å². The third kappa shape index (κ3) is 4.85. The van der Waals surface area contributed by atoms with Gasteiger partial charge >= 0.3 is 6.03 Å². The molecule has 136 valence electrons. The van der Waals surface area contributed by atoms with Crippen LogP contribution in [0.2, 0.25) is 0 Å². The molecule has 2 atom stereocenters. The Morgan fingerprint density at radius 1 is 1.36 bits per heavy atom. The molecule has 3 amide bonds. The van der Waals surface area contributed by atoms with E-state index in [9.17, 15) is 9.59 Å². The molecule has 2 aliphatic rings. The summed E-state index contributed by atoms with van der Waals surface area (Å²) in [4.78, 5) is 25.0. The normalized spacial score (nSPS) is 22.8. The number of hydrogen-bond acceptors (Lipinski definition) is 4. The first-order chi connectivity index (χ1) is 12.1. The van der Waals surface area contributed by atoms with E-state index in [1.807, 2.05) is 24.3 Å². The van der Waals surface area contributed by atoms with Crippen LogP contribution in [0.5, 0.6) is 5.75 Å². The molecule has 2 saturated heterocycles. The Kier molecular flexibility index (Phi) is 5.75. The average molecular weight is 347 g/mol. The molecule has 25 heavy (non-hydrogen) atoms. The minimum Gasteiger partial charge on any atom is -0.491 e. The molecule has 7 heteroatoms. The van der Waals surface area contributed by atoms with E-state index >= 15 is 0 Å². The van der Waals surface area contributed by atoms with Crippen LogP contribution >= 0.6 is 0 Å². The van der Waals surface area contributed by atoms with E-state index in [1.165, 1.54) is 0 Å². The number of urea groups is 1. The highest BCUT2D eigenvalue weighted by Crippen LogP contribution is 2.18. The van der Waals surface area contributed by atoms with Gasteiger partial charge in [-0.05, 0) is 37.0 Å². The lowest BCUT2D eigenvalue weighted by molar-refractivity contribution is -0.121. The molecule has 3 N–H and O–H groups in total. The largest absolute Gasteiger partial charge is 0.491 e. The Labute approximate surface area is 147 Å². The fourth-order valence-electron chi connectivity index (χ4n) is 3.18. The molecule has 7 nitrogen and oxygen atoms in total. The number of amides is 3. The quantitative estimate of drug-likeness (QED) is 0.810. The van der Waals surface area contributed by atoms with E-state index in [0.717, 1.165) is 30.8 Å². The summed E-state index contributed by atoms with van der Waals surface area (Å²) in [7, 11) is 0. The number of primary amides is 1. The number of hydrogen-bond donors (Lipinski definition) is 2. The minimum absolute atomic E-state index is 0.172. The molecule has 2 heterocycles. The zero-order valence-electron chi connectivity index (χ0n) is 14.3. The van der Waals surface area contributed by atoms with Crippen LogP contribution in [0, 0.1) is 5.92 Å². The summed E-state index contributed by atoms with van der Waals surface area (Å²) >= 11 is 0. The predicted octanol–water partition coefficient (Wildman–Crippen LogP) is 1.26. The number of carbonyl (C=O) groups is 2. The zero-order valence-corrected chi connectivity index (χ0v) is 14.3. The summed E-state index contributed by atoms with van der Waals surface area (Å²) in [6.45, 7) is 2.73. The van der Waals surface area contributed by atoms with Gasteiger partial charge in [0.05, 0.1) is 12.0 Å². The number of benzene rings is 1. The Hall–Kier alpha value is -2.28. The second kappa shape index (κ2) is 8.20. The van der Waals surface area contributed by atoms with E-state index in [2.05, 4.69) is 5.32 Å². The Balaban J connectivity index is 1.45. The standard InChI is InChI=1S/C18H25N3O4/c19-17(22)14-6-7-21(11-14)18(23)20-10-13-3-1-4-15(9-13)25-12-16-5-2-8-24-16/h1,3-4,9,14,16H,2,5-8,10-12H2,(H2,19,22)(H,20,23)/t14-,16+/m1/s1. The van der Waals surface area contributed by atoms with Gasteiger partial charge in [0.2, 0.25) is 5.91 Å². The third-order valence-corrected chi connectivity index (χ3v) is 4.68. The van der Waals surface area contributed by atoms with Gasteiger partial charge < -0.3 is 25.4 Å². The lowest BCUT2D eigenvalue weighted by atomic mass is 10.1. The summed E-state index contributed by atoms with van der Waals surface area (Å²) in [6, 6.07) is 7.50. The van der Waals surface area contributed by atoms with Crippen LogP contribution in [-0.4, -0.2) is 49.2 Å². The average Bonchev–Trinajstić information content (AvgIpc) is 3.30. The van der Waals surface area contributed by atoms with Crippen molar-refractivity contribution < 1.29 is 19.1 Å². The molecular weight excluding hydrogens is 322 g/mol. The van der Waals surface area contributed by atoms with Crippen molar-refractivity contribution in [3.63, 3.8) is 0 Å². The minimum atomic E-state index is -0.341. The number of ether oxygens (including phenoxy) is 2. The van der Waals surface area contributed by atoms with Crippen molar-refractivity contribution in [3.8, 4) is 5.75 Å². The number of nitrogens with two attached hydrogens (primary N) is 1. The molecule has 0 spiro atoms. The molecule has 1 aromatic carbocycles. The molecular formula is C18H25N3O4. The SMILES string of the molecule is NC(=O)[C@@H]1CCN(C(=O)NCc2cccc(OC[C@@H]3CCCO3)c2)C1. The number of carbonyl (C=O) groups excluding carboxylic acids is 2. The molecule has 2 aliphatic heterocycles. The van der Waals surface area contributed by atoms with Gasteiger partial charge in [-0.25, -0.2) is 4.79 Å². The van der Waals surface area contributed by atoms with Crippen LogP contribution in [-0.2, 0) is 16.1 Å². The molecule has 0 bridgehead atoms. The number of nitrogens with zero attached hydrogens (tertiary/aromatic N) is 1.